The van der Waals surface area contributed by atoms with Crippen LogP contribution in [0.2, 0.25) is 5.15 Å². The quantitative estimate of drug-likeness (QED) is 0.234. The lowest BCUT2D eigenvalue weighted by Crippen LogP contribution is -2.20. The van der Waals surface area contributed by atoms with E-state index in [1.165, 1.54) is 14.2 Å². The molecule has 0 bridgehead atoms. The van der Waals surface area contributed by atoms with Gasteiger partial charge in [0.1, 0.15) is 12.3 Å². The largest absolute Gasteiger partial charge is 0.464 e. The van der Waals surface area contributed by atoms with Crippen LogP contribution in [-0.4, -0.2) is 36.8 Å². The molecule has 0 radical (unpaired) electrons. The van der Waals surface area contributed by atoms with Crippen LogP contribution in [-0.2, 0) is 20.9 Å². The van der Waals surface area contributed by atoms with Crippen LogP contribution in [0.5, 0.6) is 0 Å². The topological polar surface area (TPSA) is 69.9 Å². The van der Waals surface area contributed by atoms with Crippen molar-refractivity contribution in [3.8, 4) is 0 Å². The Morgan fingerprint density at radius 1 is 1.25 bits per heavy atom. The molecular weight excluding hydrogens is 448 g/mol. The fourth-order valence-corrected chi connectivity index (χ4v) is 3.69. The Labute approximate surface area is 174 Å². The van der Waals surface area contributed by atoms with Gasteiger partial charge in [0.15, 0.2) is 12.0 Å². The Balaban J connectivity index is 2.16. The molecule has 0 N–H and O–H groups in total. The zero-order valence-corrected chi connectivity index (χ0v) is 17.5. The molecule has 0 unspecified atom stereocenters. The summed E-state index contributed by atoms with van der Waals surface area (Å²) in [5.74, 6) is -0.615. The summed E-state index contributed by atoms with van der Waals surface area (Å²) in [7, 11) is 2.64. The molecule has 3 aromatic rings. The standard InChI is InChI=1S/C20H16BrClN2O4/c1-27-20(26)18(23-28-2)14-6-4-3-5-12(14)10-24-17-8-7-13(21)9-15(17)16(11-25)19(24)22/h3-9,11H,10H2,1-2H3. The number of carbonyl (C=O) groups is 2. The first-order chi connectivity index (χ1) is 13.5. The molecule has 0 aliphatic heterocycles. The second kappa shape index (κ2) is 8.58. The van der Waals surface area contributed by atoms with E-state index < -0.39 is 5.97 Å². The maximum atomic E-state index is 12.2. The summed E-state index contributed by atoms with van der Waals surface area (Å²) < 4.78 is 7.48. The van der Waals surface area contributed by atoms with Crippen LogP contribution in [0.3, 0.4) is 0 Å². The normalized spacial score (nSPS) is 11.5. The number of aldehydes is 1. The highest BCUT2D eigenvalue weighted by atomic mass is 79.9. The third-order valence-electron chi connectivity index (χ3n) is 4.28. The molecule has 0 aliphatic rings. The molecule has 0 fully saturated rings. The number of oxime groups is 1. The maximum Gasteiger partial charge on any atom is 0.360 e. The highest BCUT2D eigenvalue weighted by molar-refractivity contribution is 9.10. The van der Waals surface area contributed by atoms with Crippen molar-refractivity contribution in [3.63, 3.8) is 0 Å². The van der Waals surface area contributed by atoms with Gasteiger partial charge in [-0.2, -0.15) is 0 Å². The zero-order chi connectivity index (χ0) is 20.3. The Hall–Kier alpha value is -2.64. The summed E-state index contributed by atoms with van der Waals surface area (Å²) in [6.07, 6.45) is 0.742. The smallest absolute Gasteiger partial charge is 0.360 e. The van der Waals surface area contributed by atoms with E-state index in [0.29, 0.717) is 22.8 Å². The molecule has 3 rings (SSSR count). The molecule has 0 saturated heterocycles. The number of hydrogen-bond acceptors (Lipinski definition) is 5. The number of halogens is 2. The van der Waals surface area contributed by atoms with Gasteiger partial charge in [0.05, 0.1) is 18.2 Å². The van der Waals surface area contributed by atoms with Crippen LogP contribution in [0.15, 0.2) is 52.1 Å². The van der Waals surface area contributed by atoms with Crippen molar-refractivity contribution in [2.75, 3.05) is 14.2 Å². The van der Waals surface area contributed by atoms with Crippen molar-refractivity contribution in [3.05, 3.63) is 68.8 Å². The van der Waals surface area contributed by atoms with Gasteiger partial charge in [0.25, 0.3) is 0 Å². The number of carbonyl (C=O) groups excluding carboxylic acids is 2. The zero-order valence-electron chi connectivity index (χ0n) is 15.1. The number of aromatic nitrogens is 1. The van der Waals surface area contributed by atoms with Crippen LogP contribution >= 0.6 is 27.5 Å². The lowest BCUT2D eigenvalue weighted by Gasteiger charge is -2.13. The average molecular weight is 464 g/mol. The van der Waals surface area contributed by atoms with Crippen molar-refractivity contribution in [1.82, 2.24) is 4.57 Å². The molecule has 2 aromatic carbocycles. The first-order valence-corrected chi connectivity index (χ1v) is 9.39. The Bertz CT molecular complexity index is 1090. The van der Waals surface area contributed by atoms with Crippen LogP contribution in [0, 0.1) is 0 Å². The van der Waals surface area contributed by atoms with Crippen molar-refractivity contribution < 1.29 is 19.2 Å². The minimum atomic E-state index is -0.615. The van der Waals surface area contributed by atoms with Gasteiger partial charge in [-0.05, 0) is 23.8 Å². The predicted molar refractivity (Wildman–Crippen MR) is 111 cm³/mol. The first kappa shape index (κ1) is 20.1. The summed E-state index contributed by atoms with van der Waals surface area (Å²) in [5, 5.41) is 4.88. The molecular formula is C20H16BrClN2O4. The molecule has 0 aliphatic carbocycles. The maximum absolute atomic E-state index is 12.2. The molecule has 6 nitrogen and oxygen atoms in total. The molecule has 0 atom stereocenters. The lowest BCUT2D eigenvalue weighted by atomic mass is 10.0. The number of benzene rings is 2. The van der Waals surface area contributed by atoms with Crippen molar-refractivity contribution >= 4 is 56.4 Å². The molecule has 0 amide bonds. The number of hydrogen-bond donors (Lipinski definition) is 0. The second-order valence-corrected chi connectivity index (χ2v) is 7.11. The van der Waals surface area contributed by atoms with Crippen LogP contribution in [0.1, 0.15) is 21.5 Å². The number of fused-ring (bicyclic) bond motifs is 1. The van der Waals surface area contributed by atoms with Gasteiger partial charge in [-0.15, -0.1) is 0 Å². The summed E-state index contributed by atoms with van der Waals surface area (Å²) in [6.45, 7) is 0.320. The monoisotopic (exact) mass is 462 g/mol. The van der Waals surface area contributed by atoms with E-state index in [2.05, 4.69) is 21.1 Å². The summed E-state index contributed by atoms with van der Waals surface area (Å²) in [5.41, 5.74) is 2.58. The van der Waals surface area contributed by atoms with Gasteiger partial charge in [-0.3, -0.25) is 4.79 Å². The second-order valence-electron chi connectivity index (χ2n) is 5.84. The third kappa shape index (κ3) is 3.68. The SMILES string of the molecule is CON=C(C(=O)OC)c1ccccc1Cn1c(Cl)c(C=O)c2cc(Br)ccc21. The lowest BCUT2D eigenvalue weighted by molar-refractivity contribution is -0.132. The predicted octanol–water partition coefficient (Wildman–Crippen LogP) is 4.44. The van der Waals surface area contributed by atoms with E-state index >= 15 is 0 Å². The fourth-order valence-electron chi connectivity index (χ4n) is 3.03. The summed E-state index contributed by atoms with van der Waals surface area (Å²) >= 11 is 9.93. The molecule has 8 heteroatoms. The van der Waals surface area contributed by atoms with Crippen LogP contribution < -0.4 is 0 Å². The number of esters is 1. The van der Waals surface area contributed by atoms with E-state index in [1.54, 1.807) is 12.1 Å². The Morgan fingerprint density at radius 2 is 2.00 bits per heavy atom. The van der Waals surface area contributed by atoms with Crippen molar-refractivity contribution in [1.29, 1.82) is 0 Å². The minimum Gasteiger partial charge on any atom is -0.464 e. The van der Waals surface area contributed by atoms with Gasteiger partial charge >= 0.3 is 5.97 Å². The molecule has 1 heterocycles. The summed E-state index contributed by atoms with van der Waals surface area (Å²) in [6, 6.07) is 12.8. The number of nitrogens with zero attached hydrogens (tertiary/aromatic N) is 2. The van der Waals surface area contributed by atoms with Gasteiger partial charge in [0.2, 0.25) is 0 Å². The minimum absolute atomic E-state index is 0.0477. The third-order valence-corrected chi connectivity index (χ3v) is 5.18. The Morgan fingerprint density at radius 3 is 2.68 bits per heavy atom. The first-order valence-electron chi connectivity index (χ1n) is 8.22. The molecule has 28 heavy (non-hydrogen) atoms. The van der Waals surface area contributed by atoms with E-state index in [1.807, 2.05) is 34.9 Å². The fraction of sp³-hybridized carbons (Fsp3) is 0.150. The van der Waals surface area contributed by atoms with Gasteiger partial charge in [-0.1, -0.05) is 57.0 Å². The van der Waals surface area contributed by atoms with Crippen LogP contribution in [0.25, 0.3) is 10.9 Å². The van der Waals surface area contributed by atoms with Gasteiger partial charge in [0, 0.05) is 22.0 Å². The van der Waals surface area contributed by atoms with E-state index in [4.69, 9.17) is 21.2 Å². The van der Waals surface area contributed by atoms with E-state index in [0.717, 1.165) is 27.2 Å². The average Bonchev–Trinajstić information content (AvgIpc) is 2.96. The van der Waals surface area contributed by atoms with Crippen molar-refractivity contribution in [2.45, 2.75) is 6.54 Å². The van der Waals surface area contributed by atoms with E-state index in [9.17, 15) is 9.59 Å². The van der Waals surface area contributed by atoms with Crippen molar-refractivity contribution in [2.24, 2.45) is 5.16 Å². The molecule has 144 valence electrons. The molecule has 1 aromatic heterocycles. The molecule has 0 saturated carbocycles. The van der Waals surface area contributed by atoms with Crippen LogP contribution in [0.4, 0.5) is 0 Å². The number of rotatable bonds is 6. The van der Waals surface area contributed by atoms with Gasteiger partial charge in [-0.25, -0.2) is 4.79 Å². The van der Waals surface area contributed by atoms with E-state index in [-0.39, 0.29) is 5.71 Å². The highest BCUT2D eigenvalue weighted by Gasteiger charge is 2.21. The Kier molecular flexibility index (Phi) is 6.16. The number of methoxy groups -OCH3 is 1. The highest BCUT2D eigenvalue weighted by Crippen LogP contribution is 2.32. The molecule has 0 spiro atoms. The summed E-state index contributed by atoms with van der Waals surface area (Å²) in [4.78, 5) is 28.6. The van der Waals surface area contributed by atoms with Gasteiger partial charge < -0.3 is 14.1 Å². The number of ether oxygens (including phenoxy) is 1.